The van der Waals surface area contributed by atoms with Crippen LogP contribution in [0, 0.1) is 11.6 Å². The summed E-state index contributed by atoms with van der Waals surface area (Å²) in [6.45, 7) is 3.82. The summed E-state index contributed by atoms with van der Waals surface area (Å²) in [6.07, 6.45) is 5.31. The average molecular weight is 387 g/mol. The number of carbonyl (C=O) groups excluding carboxylic acids is 1. The molecule has 0 radical (unpaired) electrons. The Kier molecular flexibility index (Phi) is 5.36. The normalized spacial score (nSPS) is 17.7. The van der Waals surface area contributed by atoms with Crippen LogP contribution in [0.1, 0.15) is 29.6 Å². The van der Waals surface area contributed by atoms with Crippen LogP contribution in [0.25, 0.3) is 0 Å². The molecular weight excluding hydrogens is 364 g/mol. The molecule has 2 saturated heterocycles. The number of piperazine rings is 1. The molecule has 6 nitrogen and oxygen atoms in total. The van der Waals surface area contributed by atoms with Gasteiger partial charge in [0.15, 0.2) is 0 Å². The summed E-state index contributed by atoms with van der Waals surface area (Å²) in [5.41, 5.74) is -0.481. The van der Waals surface area contributed by atoms with E-state index in [4.69, 9.17) is 4.98 Å². The summed E-state index contributed by atoms with van der Waals surface area (Å²) in [4.78, 5) is 27.4. The Hall–Kier alpha value is -2.77. The topological polar surface area (TPSA) is 52.6 Å². The van der Waals surface area contributed by atoms with E-state index < -0.39 is 23.1 Å². The Bertz CT molecular complexity index is 828. The minimum atomic E-state index is -0.825. The SMILES string of the molecule is O=C(c1c(F)cccc1F)N1CCN(c2ccnc(N3CCCCC3)n2)CC1. The summed E-state index contributed by atoms with van der Waals surface area (Å²) >= 11 is 0. The van der Waals surface area contributed by atoms with Crippen LogP contribution < -0.4 is 9.80 Å². The maximum atomic E-state index is 13.9. The van der Waals surface area contributed by atoms with E-state index in [1.165, 1.54) is 17.4 Å². The van der Waals surface area contributed by atoms with E-state index in [9.17, 15) is 13.6 Å². The molecule has 0 spiro atoms. The quantitative estimate of drug-likeness (QED) is 0.811. The number of nitrogens with zero attached hydrogens (tertiary/aromatic N) is 5. The molecule has 2 aliphatic rings. The Morgan fingerprint density at radius 1 is 0.857 bits per heavy atom. The van der Waals surface area contributed by atoms with E-state index in [1.807, 2.05) is 6.07 Å². The molecule has 0 N–H and O–H groups in total. The molecule has 0 atom stereocenters. The van der Waals surface area contributed by atoms with E-state index in [1.54, 1.807) is 6.20 Å². The Balaban J connectivity index is 1.42. The van der Waals surface area contributed by atoms with E-state index in [0.717, 1.165) is 49.8 Å². The van der Waals surface area contributed by atoms with Gasteiger partial charge in [-0.05, 0) is 37.5 Å². The summed E-state index contributed by atoms with van der Waals surface area (Å²) in [5.74, 6) is -0.695. The maximum Gasteiger partial charge on any atom is 0.259 e. The van der Waals surface area contributed by atoms with Gasteiger partial charge in [-0.3, -0.25) is 4.79 Å². The molecule has 0 aliphatic carbocycles. The first kappa shape index (κ1) is 18.6. The standard InChI is InChI=1S/C20H23F2N5O/c21-15-5-4-6-16(22)18(15)19(28)26-13-11-25(12-14-26)17-7-8-23-20(24-17)27-9-2-1-3-10-27/h4-8H,1-3,9-14H2. The fraction of sp³-hybridized carbons (Fsp3) is 0.450. The summed E-state index contributed by atoms with van der Waals surface area (Å²) in [5, 5.41) is 0. The van der Waals surface area contributed by atoms with Crippen LogP contribution in [0.4, 0.5) is 20.5 Å². The third-order valence-corrected chi connectivity index (χ3v) is 5.33. The maximum absolute atomic E-state index is 13.9. The third-order valence-electron chi connectivity index (χ3n) is 5.33. The molecule has 0 unspecified atom stereocenters. The number of hydrogen-bond acceptors (Lipinski definition) is 5. The molecule has 2 fully saturated rings. The Morgan fingerprint density at radius 2 is 1.54 bits per heavy atom. The summed E-state index contributed by atoms with van der Waals surface area (Å²) < 4.78 is 27.8. The first-order valence-corrected chi connectivity index (χ1v) is 9.70. The van der Waals surface area contributed by atoms with Crippen molar-refractivity contribution in [2.24, 2.45) is 0 Å². The first-order valence-electron chi connectivity index (χ1n) is 9.70. The van der Waals surface area contributed by atoms with Crippen molar-refractivity contribution in [3.05, 3.63) is 47.7 Å². The number of benzene rings is 1. The highest BCUT2D eigenvalue weighted by Crippen LogP contribution is 2.21. The van der Waals surface area contributed by atoms with Crippen molar-refractivity contribution in [3.8, 4) is 0 Å². The van der Waals surface area contributed by atoms with Gasteiger partial charge in [-0.1, -0.05) is 6.07 Å². The van der Waals surface area contributed by atoms with E-state index in [-0.39, 0.29) is 0 Å². The van der Waals surface area contributed by atoms with Gasteiger partial charge in [-0.2, -0.15) is 4.98 Å². The number of rotatable bonds is 3. The minimum Gasteiger partial charge on any atom is -0.353 e. The lowest BCUT2D eigenvalue weighted by molar-refractivity contribution is 0.0736. The highest BCUT2D eigenvalue weighted by Gasteiger charge is 2.27. The second kappa shape index (κ2) is 8.08. The van der Waals surface area contributed by atoms with Gasteiger partial charge >= 0.3 is 0 Å². The van der Waals surface area contributed by atoms with Gasteiger partial charge in [0.25, 0.3) is 5.91 Å². The van der Waals surface area contributed by atoms with Gasteiger partial charge in [-0.15, -0.1) is 0 Å². The van der Waals surface area contributed by atoms with Gasteiger partial charge in [0, 0.05) is 45.5 Å². The van der Waals surface area contributed by atoms with Gasteiger partial charge < -0.3 is 14.7 Å². The lowest BCUT2D eigenvalue weighted by atomic mass is 10.1. The molecule has 28 heavy (non-hydrogen) atoms. The second-order valence-electron chi connectivity index (χ2n) is 7.14. The second-order valence-corrected chi connectivity index (χ2v) is 7.14. The van der Waals surface area contributed by atoms with Crippen molar-refractivity contribution < 1.29 is 13.6 Å². The van der Waals surface area contributed by atoms with E-state index >= 15 is 0 Å². The molecule has 8 heteroatoms. The van der Waals surface area contributed by atoms with E-state index in [2.05, 4.69) is 14.8 Å². The van der Waals surface area contributed by atoms with Crippen molar-refractivity contribution in [3.63, 3.8) is 0 Å². The molecule has 0 saturated carbocycles. The predicted octanol–water partition coefficient (Wildman–Crippen LogP) is 2.71. The highest BCUT2D eigenvalue weighted by atomic mass is 19.1. The van der Waals surface area contributed by atoms with Gasteiger partial charge in [0.1, 0.15) is 23.0 Å². The fourth-order valence-corrected chi connectivity index (χ4v) is 3.76. The largest absolute Gasteiger partial charge is 0.353 e. The van der Waals surface area contributed by atoms with Crippen LogP contribution in [0.3, 0.4) is 0 Å². The molecular formula is C20H23F2N5O. The number of amides is 1. The monoisotopic (exact) mass is 387 g/mol. The van der Waals surface area contributed by atoms with Gasteiger partial charge in [0.05, 0.1) is 0 Å². The van der Waals surface area contributed by atoms with E-state index in [0.29, 0.717) is 26.2 Å². The predicted molar refractivity (Wildman–Crippen MR) is 103 cm³/mol. The molecule has 4 rings (SSSR count). The number of aromatic nitrogens is 2. The fourth-order valence-electron chi connectivity index (χ4n) is 3.76. The lowest BCUT2D eigenvalue weighted by Crippen LogP contribution is -2.49. The molecule has 1 amide bonds. The molecule has 3 heterocycles. The molecule has 0 bridgehead atoms. The smallest absolute Gasteiger partial charge is 0.259 e. The number of halogens is 2. The average Bonchev–Trinajstić information content (AvgIpc) is 2.74. The number of piperidine rings is 1. The molecule has 2 aromatic rings. The molecule has 2 aliphatic heterocycles. The zero-order valence-corrected chi connectivity index (χ0v) is 15.7. The number of hydrogen-bond donors (Lipinski definition) is 0. The molecule has 1 aromatic heterocycles. The van der Waals surface area contributed by atoms with Crippen molar-refractivity contribution in [1.29, 1.82) is 0 Å². The van der Waals surface area contributed by atoms with Crippen LogP contribution in [0.2, 0.25) is 0 Å². The third kappa shape index (κ3) is 3.76. The molecule has 1 aromatic carbocycles. The Morgan fingerprint density at radius 3 is 2.21 bits per heavy atom. The van der Waals surface area contributed by atoms with Crippen LogP contribution in [-0.2, 0) is 0 Å². The van der Waals surface area contributed by atoms with Gasteiger partial charge in [-0.25, -0.2) is 13.8 Å². The zero-order valence-electron chi connectivity index (χ0n) is 15.7. The highest BCUT2D eigenvalue weighted by molar-refractivity contribution is 5.95. The van der Waals surface area contributed by atoms with Crippen molar-refractivity contribution in [2.45, 2.75) is 19.3 Å². The molecule has 148 valence electrons. The van der Waals surface area contributed by atoms with Crippen LogP contribution in [0.5, 0.6) is 0 Å². The first-order chi connectivity index (χ1) is 13.6. The lowest BCUT2D eigenvalue weighted by Gasteiger charge is -2.36. The zero-order chi connectivity index (χ0) is 19.5. The van der Waals surface area contributed by atoms with Crippen LogP contribution in [0.15, 0.2) is 30.5 Å². The van der Waals surface area contributed by atoms with Crippen molar-refractivity contribution in [2.75, 3.05) is 49.1 Å². The summed E-state index contributed by atoms with van der Waals surface area (Å²) in [6, 6.07) is 5.33. The number of carbonyl (C=O) groups is 1. The Labute approximate surface area is 162 Å². The van der Waals surface area contributed by atoms with Crippen molar-refractivity contribution in [1.82, 2.24) is 14.9 Å². The minimum absolute atomic E-state index is 0.385. The van der Waals surface area contributed by atoms with Gasteiger partial charge in [0.2, 0.25) is 5.95 Å². The van der Waals surface area contributed by atoms with Crippen molar-refractivity contribution >= 4 is 17.7 Å². The van der Waals surface area contributed by atoms with Crippen LogP contribution in [-0.4, -0.2) is 60.0 Å². The van der Waals surface area contributed by atoms with Crippen LogP contribution >= 0.6 is 0 Å². The summed E-state index contributed by atoms with van der Waals surface area (Å²) in [7, 11) is 0. The number of anilines is 2.